The van der Waals surface area contributed by atoms with Gasteiger partial charge in [0.05, 0.1) is 19.6 Å². The molecule has 0 aliphatic carbocycles. The van der Waals surface area contributed by atoms with Gasteiger partial charge < -0.3 is 39.4 Å². The van der Waals surface area contributed by atoms with E-state index in [1.807, 2.05) is 0 Å². The number of aliphatic hydroxyl groups excluding tert-OH is 1. The van der Waals surface area contributed by atoms with Crippen molar-refractivity contribution in [1.29, 1.82) is 0 Å². The van der Waals surface area contributed by atoms with E-state index in [-0.39, 0.29) is 52.1 Å². The maximum Gasteiger partial charge on any atom is 0.197 e. The first kappa shape index (κ1) is 21.5. The van der Waals surface area contributed by atoms with Crippen LogP contribution >= 0.6 is 0 Å². The lowest BCUT2D eigenvalue weighted by molar-refractivity contribution is 0.157. The predicted octanol–water partition coefficient (Wildman–Crippen LogP) is 3.50. The molecule has 0 radical (unpaired) electrons. The molecule has 1 aliphatic rings. The Balaban J connectivity index is 1.61. The van der Waals surface area contributed by atoms with E-state index in [4.69, 9.17) is 13.9 Å². The van der Waals surface area contributed by atoms with Gasteiger partial charge in [0, 0.05) is 29.3 Å². The highest BCUT2D eigenvalue weighted by Crippen LogP contribution is 2.52. The highest BCUT2D eigenvalue weighted by atomic mass is 16.5. The summed E-state index contributed by atoms with van der Waals surface area (Å²) in [7, 11) is 1.42. The zero-order chi connectivity index (χ0) is 24.1. The van der Waals surface area contributed by atoms with Crippen LogP contribution < -0.4 is 14.9 Å². The summed E-state index contributed by atoms with van der Waals surface area (Å²) in [6, 6.07) is 11.1. The second-order valence-corrected chi connectivity index (χ2v) is 7.99. The molecule has 2 atom stereocenters. The van der Waals surface area contributed by atoms with Gasteiger partial charge >= 0.3 is 0 Å². The van der Waals surface area contributed by atoms with Crippen molar-refractivity contribution in [3.63, 3.8) is 0 Å². The highest BCUT2D eigenvalue weighted by molar-refractivity contribution is 5.86. The van der Waals surface area contributed by atoms with E-state index in [9.17, 15) is 30.3 Å². The van der Waals surface area contributed by atoms with Crippen LogP contribution in [-0.4, -0.2) is 39.2 Å². The first-order valence-corrected chi connectivity index (χ1v) is 10.3. The maximum absolute atomic E-state index is 12.6. The molecule has 5 rings (SSSR count). The lowest BCUT2D eigenvalue weighted by atomic mass is 9.90. The fourth-order valence-electron chi connectivity index (χ4n) is 4.32. The minimum atomic E-state index is -0.673. The van der Waals surface area contributed by atoms with Crippen LogP contribution in [0.4, 0.5) is 0 Å². The summed E-state index contributed by atoms with van der Waals surface area (Å²) in [6.07, 6.45) is -0.673. The molecule has 2 heterocycles. The fourth-order valence-corrected chi connectivity index (χ4v) is 4.32. The number of aliphatic hydroxyl groups is 1. The summed E-state index contributed by atoms with van der Waals surface area (Å²) in [5.41, 5.74) is 0.899. The molecule has 1 aromatic heterocycles. The number of rotatable bonds is 4. The van der Waals surface area contributed by atoms with E-state index in [1.165, 1.54) is 31.4 Å². The first-order chi connectivity index (χ1) is 16.3. The number of benzene rings is 3. The van der Waals surface area contributed by atoms with Crippen LogP contribution in [-0.2, 0) is 0 Å². The summed E-state index contributed by atoms with van der Waals surface area (Å²) < 4.78 is 16.9. The molecule has 3 aromatic carbocycles. The highest BCUT2D eigenvalue weighted by Gasteiger charge is 2.38. The molecule has 9 heteroatoms. The normalized spacial score (nSPS) is 16.9. The Morgan fingerprint density at radius 3 is 2.47 bits per heavy atom. The number of methoxy groups -OCH3 is 1. The molecule has 174 valence electrons. The lowest BCUT2D eigenvalue weighted by Crippen LogP contribution is -2.13. The van der Waals surface area contributed by atoms with Gasteiger partial charge in [0.15, 0.2) is 28.4 Å². The molecule has 0 unspecified atom stereocenters. The summed E-state index contributed by atoms with van der Waals surface area (Å²) in [5, 5.41) is 50.4. The monoisotopic (exact) mass is 464 g/mol. The SMILES string of the molecule is COc1cc([C@@H]2Oc3c(O)cc(-c4cc(=O)c5c(O)cc(O)cc5o4)cc3[C@H]2CO)ccc1O. The Bertz CT molecular complexity index is 1490. The van der Waals surface area contributed by atoms with E-state index < -0.39 is 23.2 Å². The predicted molar refractivity (Wildman–Crippen MR) is 121 cm³/mol. The van der Waals surface area contributed by atoms with Crippen LogP contribution in [0.25, 0.3) is 22.3 Å². The molecule has 0 saturated carbocycles. The van der Waals surface area contributed by atoms with E-state index in [0.717, 1.165) is 6.07 Å². The van der Waals surface area contributed by atoms with E-state index in [1.54, 1.807) is 18.2 Å². The third-order valence-electron chi connectivity index (χ3n) is 5.92. The van der Waals surface area contributed by atoms with Gasteiger partial charge in [-0.3, -0.25) is 4.79 Å². The third kappa shape index (κ3) is 3.34. The summed E-state index contributed by atoms with van der Waals surface area (Å²) in [5.74, 6) is -1.02. The summed E-state index contributed by atoms with van der Waals surface area (Å²) in [6.45, 7) is -0.312. The quantitative estimate of drug-likeness (QED) is 0.306. The molecule has 34 heavy (non-hydrogen) atoms. The van der Waals surface area contributed by atoms with E-state index in [2.05, 4.69) is 0 Å². The molecule has 0 bridgehead atoms. The van der Waals surface area contributed by atoms with Crippen molar-refractivity contribution < 1.29 is 39.4 Å². The van der Waals surface area contributed by atoms with Gasteiger partial charge in [-0.25, -0.2) is 0 Å². The Morgan fingerprint density at radius 1 is 0.941 bits per heavy atom. The molecule has 0 amide bonds. The number of phenols is 4. The van der Waals surface area contributed by atoms with E-state index in [0.29, 0.717) is 16.7 Å². The zero-order valence-electron chi connectivity index (χ0n) is 17.8. The average molecular weight is 464 g/mol. The van der Waals surface area contributed by atoms with Gasteiger partial charge in [0.25, 0.3) is 0 Å². The van der Waals surface area contributed by atoms with Crippen molar-refractivity contribution in [2.45, 2.75) is 12.0 Å². The van der Waals surface area contributed by atoms with Crippen LogP contribution in [0.2, 0.25) is 0 Å². The molecule has 0 fully saturated rings. The zero-order valence-corrected chi connectivity index (χ0v) is 17.8. The second kappa shape index (κ2) is 7.89. The van der Waals surface area contributed by atoms with Gasteiger partial charge in [-0.05, 0) is 29.8 Å². The Labute approximate surface area is 192 Å². The Morgan fingerprint density at radius 2 is 1.74 bits per heavy atom. The standard InChI is InChI=1S/C25H20O9/c1-32-21-6-11(2-3-16(21)28)24-15(10-26)14-4-12(5-19(31)25(14)34-24)20-9-18(30)23-17(29)7-13(27)8-22(23)33-20/h2-9,15,24,26-29,31H,10H2,1H3/t15-,24+/m1/s1. The lowest BCUT2D eigenvalue weighted by Gasteiger charge is -2.18. The van der Waals surface area contributed by atoms with Crippen LogP contribution in [0, 0.1) is 0 Å². The van der Waals surface area contributed by atoms with Crippen molar-refractivity contribution >= 4 is 11.0 Å². The first-order valence-electron chi connectivity index (χ1n) is 10.3. The largest absolute Gasteiger partial charge is 0.508 e. The number of phenolic OH excluding ortho intramolecular Hbond substituents is 4. The van der Waals surface area contributed by atoms with Gasteiger partial charge in [-0.1, -0.05) is 6.07 Å². The fraction of sp³-hybridized carbons (Fsp3) is 0.160. The van der Waals surface area contributed by atoms with Crippen molar-refractivity contribution in [3.05, 3.63) is 69.9 Å². The molecule has 1 aliphatic heterocycles. The Hall–Kier alpha value is -4.37. The maximum atomic E-state index is 12.6. The topological polar surface area (TPSA) is 150 Å². The van der Waals surface area contributed by atoms with E-state index >= 15 is 0 Å². The van der Waals surface area contributed by atoms with Crippen molar-refractivity contribution in [3.8, 4) is 45.8 Å². The minimum absolute atomic E-state index is 0.0241. The number of hydrogen-bond donors (Lipinski definition) is 5. The number of aromatic hydroxyl groups is 4. The molecule has 0 saturated heterocycles. The number of ether oxygens (including phenoxy) is 2. The molecular weight excluding hydrogens is 444 g/mol. The van der Waals surface area contributed by atoms with Crippen LogP contribution in [0.1, 0.15) is 23.1 Å². The molecule has 9 nitrogen and oxygen atoms in total. The smallest absolute Gasteiger partial charge is 0.197 e. The number of fused-ring (bicyclic) bond motifs is 2. The summed E-state index contributed by atoms with van der Waals surface area (Å²) >= 11 is 0. The van der Waals surface area contributed by atoms with Crippen LogP contribution in [0.5, 0.6) is 34.5 Å². The Kier molecular flexibility index (Phi) is 4.98. The van der Waals surface area contributed by atoms with Gasteiger partial charge in [0.2, 0.25) is 0 Å². The second-order valence-electron chi connectivity index (χ2n) is 7.99. The van der Waals surface area contributed by atoms with Crippen LogP contribution in [0.3, 0.4) is 0 Å². The van der Waals surface area contributed by atoms with Gasteiger partial charge in [-0.15, -0.1) is 0 Å². The third-order valence-corrected chi connectivity index (χ3v) is 5.92. The van der Waals surface area contributed by atoms with Gasteiger partial charge in [0.1, 0.15) is 34.3 Å². The average Bonchev–Trinajstić information content (AvgIpc) is 3.17. The molecule has 4 aromatic rings. The van der Waals surface area contributed by atoms with Crippen LogP contribution in [0.15, 0.2) is 57.7 Å². The molecular formula is C25H20O9. The molecule has 5 N–H and O–H groups in total. The summed E-state index contributed by atoms with van der Waals surface area (Å²) in [4.78, 5) is 12.6. The van der Waals surface area contributed by atoms with Crippen molar-refractivity contribution in [2.24, 2.45) is 0 Å². The minimum Gasteiger partial charge on any atom is -0.508 e. The van der Waals surface area contributed by atoms with Crippen molar-refractivity contribution in [1.82, 2.24) is 0 Å². The van der Waals surface area contributed by atoms with Gasteiger partial charge in [-0.2, -0.15) is 0 Å². The molecule has 0 spiro atoms. The van der Waals surface area contributed by atoms with Crippen molar-refractivity contribution in [2.75, 3.05) is 13.7 Å². The number of hydrogen-bond acceptors (Lipinski definition) is 9.